The fourth-order valence-corrected chi connectivity index (χ4v) is 7.95. The molecule has 1 heterocycles. The molecule has 1 nitrogen and oxygen atoms in total. The molecule has 0 aliphatic rings. The quantitative estimate of drug-likeness (QED) is 0.173. The second kappa shape index (κ2) is 10.9. The molecule has 11 aromatic rings. The highest BCUT2D eigenvalue weighted by Crippen LogP contribution is 2.45. The van der Waals surface area contributed by atoms with E-state index in [1.165, 1.54) is 0 Å². The summed E-state index contributed by atoms with van der Waals surface area (Å²) in [4.78, 5) is 0. The lowest BCUT2D eigenvalue weighted by Crippen LogP contribution is -1.91. The van der Waals surface area contributed by atoms with Gasteiger partial charge in [-0.2, -0.15) is 0 Å². The molecule has 0 radical (unpaired) electrons. The number of benzene rings is 10. The van der Waals surface area contributed by atoms with E-state index in [0.29, 0.717) is 22.3 Å². The summed E-state index contributed by atoms with van der Waals surface area (Å²) in [5.41, 5.74) is 5.39. The average Bonchev–Trinajstić information content (AvgIpc) is 3.66. The zero-order valence-corrected chi connectivity index (χ0v) is 27.1. The third-order valence-electron chi connectivity index (χ3n) is 10.3. The smallest absolute Gasteiger partial charge is 0.136 e. The van der Waals surface area contributed by atoms with Crippen LogP contribution in [0.2, 0.25) is 0 Å². The van der Waals surface area contributed by atoms with Crippen molar-refractivity contribution in [3.63, 3.8) is 0 Å². The lowest BCUT2D eigenvalue weighted by Gasteiger charge is -2.18. The second-order valence-corrected chi connectivity index (χ2v) is 13.0. The van der Waals surface area contributed by atoms with Gasteiger partial charge in [0.2, 0.25) is 0 Å². The molecular weight excluding hydrogens is 617 g/mol. The highest BCUT2D eigenvalue weighted by atomic mass is 16.3. The summed E-state index contributed by atoms with van der Waals surface area (Å²) in [6, 6.07) is 41.1. The van der Waals surface area contributed by atoms with Crippen molar-refractivity contribution >= 4 is 75.8 Å². The third kappa shape index (κ3) is 4.28. The molecule has 0 unspecified atom stereocenters. The Morgan fingerprint density at radius 2 is 0.922 bits per heavy atom. The molecule has 0 fully saturated rings. The minimum Gasteiger partial charge on any atom is -0.456 e. The molecule has 0 amide bonds. The Labute approximate surface area is 305 Å². The van der Waals surface area contributed by atoms with E-state index in [2.05, 4.69) is 36.4 Å². The van der Waals surface area contributed by atoms with Gasteiger partial charge < -0.3 is 4.42 Å². The molecule has 1 aromatic heterocycles. The van der Waals surface area contributed by atoms with E-state index < -0.39 is 24.2 Å². The monoisotopic (exact) mass is 654 g/mol. The first-order valence-corrected chi connectivity index (χ1v) is 16.9. The minimum absolute atomic E-state index is 0.191. The molecule has 1 heteroatoms. The van der Waals surface area contributed by atoms with E-state index in [1.807, 2.05) is 97.1 Å². The number of furan rings is 1. The molecule has 11 rings (SSSR count). The van der Waals surface area contributed by atoms with E-state index in [0.717, 1.165) is 65.4 Å². The van der Waals surface area contributed by atoms with Gasteiger partial charge in [-0.1, -0.05) is 151 Å². The summed E-state index contributed by atoms with van der Waals surface area (Å²) < 4.78 is 79.0. The molecule has 10 aromatic carbocycles. The number of fused-ring (bicyclic) bond motifs is 9. The molecule has 0 atom stereocenters. The fraction of sp³-hybridized carbons (Fsp3) is 0. The lowest BCUT2D eigenvalue weighted by molar-refractivity contribution is 0.669. The zero-order valence-electron chi connectivity index (χ0n) is 35.1. The van der Waals surface area contributed by atoms with E-state index in [-0.39, 0.29) is 45.7 Å². The zero-order chi connectivity index (χ0) is 40.4. The first-order chi connectivity index (χ1) is 28.6. The largest absolute Gasteiger partial charge is 0.456 e. The maximum absolute atomic E-state index is 9.38. The highest BCUT2D eigenvalue weighted by Gasteiger charge is 2.18. The van der Waals surface area contributed by atoms with Crippen molar-refractivity contribution in [1.29, 1.82) is 0 Å². The van der Waals surface area contributed by atoms with Crippen molar-refractivity contribution in [1.82, 2.24) is 0 Å². The lowest BCUT2D eigenvalue weighted by atomic mass is 9.85. The van der Waals surface area contributed by atoms with E-state index in [4.69, 9.17) is 9.90 Å². The second-order valence-electron chi connectivity index (χ2n) is 13.0. The van der Waals surface area contributed by atoms with Gasteiger partial charge in [0.15, 0.2) is 0 Å². The number of hydrogen-bond acceptors (Lipinski definition) is 1. The summed E-state index contributed by atoms with van der Waals surface area (Å²) in [6.07, 6.45) is 0. The first kappa shape index (κ1) is 21.4. The van der Waals surface area contributed by atoms with Gasteiger partial charge in [0.25, 0.3) is 0 Å². The average molecular weight is 655 g/mol. The van der Waals surface area contributed by atoms with E-state index in [1.54, 1.807) is 0 Å². The van der Waals surface area contributed by atoms with Crippen LogP contribution in [-0.4, -0.2) is 0 Å². The first-order valence-electron chi connectivity index (χ1n) is 20.9. The Hall–Kier alpha value is -6.70. The van der Waals surface area contributed by atoms with Crippen LogP contribution in [0, 0.1) is 0 Å². The molecule has 236 valence electrons. The van der Waals surface area contributed by atoms with Crippen molar-refractivity contribution in [2.45, 2.75) is 0 Å². The normalized spacial score (nSPS) is 14.1. The van der Waals surface area contributed by atoms with Crippen molar-refractivity contribution in [2.24, 2.45) is 0 Å². The predicted octanol–water partition coefficient (Wildman–Crippen LogP) is 14.4. The van der Waals surface area contributed by atoms with Crippen LogP contribution in [0.25, 0.3) is 109 Å². The summed E-state index contributed by atoms with van der Waals surface area (Å²) in [6.45, 7) is 0. The molecule has 0 spiro atoms. The van der Waals surface area contributed by atoms with Gasteiger partial charge >= 0.3 is 0 Å². The van der Waals surface area contributed by atoms with Crippen molar-refractivity contribution in [3.05, 3.63) is 182 Å². The Kier molecular flexibility index (Phi) is 4.57. The summed E-state index contributed by atoms with van der Waals surface area (Å²) in [7, 11) is 0. The summed E-state index contributed by atoms with van der Waals surface area (Å²) in [5, 5.41) is 8.73. The Balaban J connectivity index is 1.21. The van der Waals surface area contributed by atoms with Gasteiger partial charge in [-0.3, -0.25) is 0 Å². The van der Waals surface area contributed by atoms with Crippen LogP contribution in [0.3, 0.4) is 0 Å². The Bertz CT molecular complexity index is 3580. The van der Waals surface area contributed by atoms with Gasteiger partial charge in [-0.25, -0.2) is 0 Å². The van der Waals surface area contributed by atoms with E-state index in [9.17, 15) is 5.48 Å². The third-order valence-corrected chi connectivity index (χ3v) is 10.3. The van der Waals surface area contributed by atoms with Gasteiger partial charge in [-0.15, -0.1) is 0 Å². The van der Waals surface area contributed by atoms with Gasteiger partial charge in [0.1, 0.15) is 11.2 Å². The maximum atomic E-state index is 9.38. The van der Waals surface area contributed by atoms with Crippen molar-refractivity contribution in [2.75, 3.05) is 0 Å². The molecule has 0 aliphatic carbocycles. The molecular formula is C50H30O. The standard InChI is InChI=1S/C50H30O/c1-2-12-33-28-36(21-20-31(33)10-1)48-41-15-5-7-17-43(41)49(44-18-8-6-16-42(44)48)37-22-25-39-34(29-37)13-9-19-38(39)35-24-26-46-45(30-35)50-40-14-4-3-11-32(40)23-27-47(50)51-46/h1-30H/i5D,6D,7D,8D,15D,16D,17D,18D. The van der Waals surface area contributed by atoms with Crippen LogP contribution in [-0.2, 0) is 0 Å². The molecule has 0 saturated carbocycles. The maximum Gasteiger partial charge on any atom is 0.136 e. The van der Waals surface area contributed by atoms with Crippen LogP contribution in [0.4, 0.5) is 0 Å². The van der Waals surface area contributed by atoms with Crippen LogP contribution < -0.4 is 0 Å². The van der Waals surface area contributed by atoms with Crippen LogP contribution in [0.1, 0.15) is 11.0 Å². The van der Waals surface area contributed by atoms with Crippen LogP contribution in [0.5, 0.6) is 0 Å². The van der Waals surface area contributed by atoms with Crippen LogP contribution in [0.15, 0.2) is 186 Å². The van der Waals surface area contributed by atoms with Crippen molar-refractivity contribution < 1.29 is 15.4 Å². The van der Waals surface area contributed by atoms with Gasteiger partial charge in [0.05, 0.1) is 11.0 Å². The SMILES string of the molecule is [2H]c1c([2H])c([2H])c2c(-c3ccc4c(-c5ccc6oc7ccc8ccccc8c7c6c5)cccc4c3)c3c([2H])c([2H])c([2H])c([2H])c3c(-c3ccc4ccccc4c3)c2c1[2H]. The highest BCUT2D eigenvalue weighted by molar-refractivity contribution is 6.23. The fourth-order valence-electron chi connectivity index (χ4n) is 7.95. The number of hydrogen-bond donors (Lipinski definition) is 0. The minimum atomic E-state index is -0.425. The topological polar surface area (TPSA) is 13.1 Å². The Morgan fingerprint density at radius 1 is 0.353 bits per heavy atom. The van der Waals surface area contributed by atoms with Crippen LogP contribution >= 0.6 is 0 Å². The molecule has 0 aliphatic heterocycles. The van der Waals surface area contributed by atoms with Crippen molar-refractivity contribution in [3.8, 4) is 33.4 Å². The molecule has 0 N–H and O–H groups in total. The predicted molar refractivity (Wildman–Crippen MR) is 218 cm³/mol. The summed E-state index contributed by atoms with van der Waals surface area (Å²) in [5.74, 6) is 0. The van der Waals surface area contributed by atoms with Gasteiger partial charge in [0, 0.05) is 10.8 Å². The van der Waals surface area contributed by atoms with Gasteiger partial charge in [-0.05, 0) is 118 Å². The molecule has 0 bridgehead atoms. The molecule has 0 saturated heterocycles. The Morgan fingerprint density at radius 3 is 1.67 bits per heavy atom. The summed E-state index contributed by atoms with van der Waals surface area (Å²) >= 11 is 0. The molecule has 51 heavy (non-hydrogen) atoms. The number of rotatable bonds is 3. The van der Waals surface area contributed by atoms with E-state index >= 15 is 0 Å².